The van der Waals surface area contributed by atoms with E-state index >= 15 is 0 Å². The summed E-state index contributed by atoms with van der Waals surface area (Å²) in [7, 11) is -0.631. The minimum Gasteiger partial charge on any atom is -0.431 e. The molecule has 2 radical (unpaired) electrons. The van der Waals surface area contributed by atoms with Crippen LogP contribution in [-0.4, -0.2) is 49.7 Å². The van der Waals surface area contributed by atoms with Crippen LogP contribution in [0, 0.1) is 0 Å². The summed E-state index contributed by atoms with van der Waals surface area (Å²) < 4.78 is 0. The second-order valence-corrected chi connectivity index (χ2v) is 3.15. The molecule has 0 aliphatic heterocycles. The fourth-order valence-electron chi connectivity index (χ4n) is 0.256. The largest absolute Gasteiger partial charge is 0.431 e. The van der Waals surface area contributed by atoms with E-state index < -0.39 is 34.6 Å². The van der Waals surface area contributed by atoms with E-state index in [4.69, 9.17) is 20.1 Å². The molecule has 0 unspecified atom stereocenters. The minimum atomic E-state index is -1.08. The summed E-state index contributed by atoms with van der Waals surface area (Å²) in [6.45, 7) is -1.18. The van der Waals surface area contributed by atoms with Gasteiger partial charge in [0.25, 0.3) is 0 Å². The van der Waals surface area contributed by atoms with Crippen LogP contribution in [0.4, 0.5) is 0 Å². The Hall–Kier alpha value is 0.0569. The van der Waals surface area contributed by atoms with Gasteiger partial charge in [-0.25, -0.2) is 0 Å². The summed E-state index contributed by atoms with van der Waals surface area (Å²) in [5.74, 6) is 0. The van der Waals surface area contributed by atoms with Crippen molar-refractivity contribution in [3.8, 4) is 0 Å². The Balaban J connectivity index is 3.82. The highest BCUT2D eigenvalue weighted by Gasteiger charge is 2.28. The van der Waals surface area contributed by atoms with E-state index in [0.717, 1.165) is 0 Å². The third-order valence-electron chi connectivity index (χ3n) is 1.15. The lowest BCUT2D eigenvalue weighted by Crippen LogP contribution is -2.32. The number of rotatable bonds is 4. The molecule has 9 heavy (non-hydrogen) atoms. The normalized spacial score (nSPS) is 12.0. The molecule has 54 valence electrons. The second-order valence-electron chi connectivity index (χ2n) is 1.87. The average Bonchev–Trinajstić information content (AvgIpc) is 1.95. The molecule has 0 atom stereocenters. The van der Waals surface area contributed by atoms with E-state index in [2.05, 4.69) is 0 Å². The predicted octanol–water partition coefficient (Wildman–Crippen LogP) is -2.27. The smallest absolute Gasteiger partial charge is 0.238 e. The van der Waals surface area contributed by atoms with Crippen LogP contribution < -0.4 is 0 Å². The Bertz CT molecular complexity index is 55.5. The van der Waals surface area contributed by atoms with Gasteiger partial charge < -0.3 is 20.1 Å². The molecule has 4 N–H and O–H groups in total. The fraction of sp³-hybridized carbons (Fsp3) is 1.00. The van der Waals surface area contributed by atoms with Crippen molar-refractivity contribution in [2.75, 3.05) is 19.8 Å². The van der Waals surface area contributed by atoms with Crippen molar-refractivity contribution >= 4 is 9.76 Å². The van der Waals surface area contributed by atoms with Crippen LogP contribution in [0.2, 0.25) is 5.04 Å². The molecule has 5 heteroatoms. The molecule has 0 heterocycles. The molecule has 0 rings (SSSR count). The van der Waals surface area contributed by atoms with E-state index in [1.807, 2.05) is 0 Å². The molecular formula is C4H10O4Si. The van der Waals surface area contributed by atoms with Gasteiger partial charge in [0.05, 0.1) is 24.9 Å². The van der Waals surface area contributed by atoms with Crippen molar-refractivity contribution in [2.24, 2.45) is 0 Å². The van der Waals surface area contributed by atoms with E-state index in [9.17, 15) is 0 Å². The van der Waals surface area contributed by atoms with Gasteiger partial charge in [0.2, 0.25) is 9.76 Å². The van der Waals surface area contributed by atoms with Gasteiger partial charge in [0.15, 0.2) is 0 Å². The van der Waals surface area contributed by atoms with Gasteiger partial charge in [-0.1, -0.05) is 0 Å². The monoisotopic (exact) mass is 150 g/mol. The molecule has 0 bridgehead atoms. The van der Waals surface area contributed by atoms with Crippen molar-refractivity contribution in [3.63, 3.8) is 0 Å². The molecular weight excluding hydrogens is 140 g/mol. The van der Waals surface area contributed by atoms with E-state index in [1.54, 1.807) is 0 Å². The van der Waals surface area contributed by atoms with Gasteiger partial charge in [-0.05, 0) is 0 Å². The van der Waals surface area contributed by atoms with Gasteiger partial charge in [-0.2, -0.15) is 0 Å². The summed E-state index contributed by atoms with van der Waals surface area (Å²) in [6, 6.07) is 0. The lowest BCUT2D eigenvalue weighted by Gasteiger charge is -2.21. The molecule has 0 aromatic heterocycles. The van der Waals surface area contributed by atoms with Crippen LogP contribution in [0.5, 0.6) is 0 Å². The van der Waals surface area contributed by atoms with E-state index in [0.29, 0.717) is 0 Å². The van der Waals surface area contributed by atoms with Crippen LogP contribution in [0.15, 0.2) is 0 Å². The van der Waals surface area contributed by atoms with Gasteiger partial charge >= 0.3 is 0 Å². The summed E-state index contributed by atoms with van der Waals surface area (Å²) in [4.78, 5) is 8.52. The van der Waals surface area contributed by atoms with Crippen molar-refractivity contribution in [1.29, 1.82) is 0 Å². The quantitative estimate of drug-likeness (QED) is 0.341. The lowest BCUT2D eigenvalue weighted by atomic mass is 10.2. The summed E-state index contributed by atoms with van der Waals surface area (Å²) >= 11 is 0. The van der Waals surface area contributed by atoms with Gasteiger partial charge in [-0.15, -0.1) is 0 Å². The highest BCUT2D eigenvalue weighted by molar-refractivity contribution is 6.31. The topological polar surface area (TPSA) is 80.9 Å². The SMILES string of the molecule is OCC(CO)(CO)[Si]O. The summed E-state index contributed by atoms with van der Waals surface area (Å²) in [5, 5.41) is 24.4. The van der Waals surface area contributed by atoms with Crippen molar-refractivity contribution in [3.05, 3.63) is 0 Å². The Morgan fingerprint density at radius 2 is 1.33 bits per heavy atom. The Morgan fingerprint density at radius 1 is 1.00 bits per heavy atom. The van der Waals surface area contributed by atoms with Crippen molar-refractivity contribution in [2.45, 2.75) is 5.04 Å². The lowest BCUT2D eigenvalue weighted by molar-refractivity contribution is 0.101. The first-order valence-electron chi connectivity index (χ1n) is 2.48. The highest BCUT2D eigenvalue weighted by Crippen LogP contribution is 2.19. The molecule has 0 aliphatic rings. The molecule has 0 aromatic rings. The van der Waals surface area contributed by atoms with Crippen LogP contribution in [0.25, 0.3) is 0 Å². The average molecular weight is 150 g/mol. The molecule has 0 amide bonds. The Kier molecular flexibility index (Phi) is 3.99. The number of hydrogen-bond acceptors (Lipinski definition) is 4. The molecule has 0 aliphatic carbocycles. The molecule has 0 saturated heterocycles. The Morgan fingerprint density at radius 3 is 1.33 bits per heavy atom. The molecule has 0 spiro atoms. The maximum atomic E-state index is 8.52. The van der Waals surface area contributed by atoms with Crippen molar-refractivity contribution in [1.82, 2.24) is 0 Å². The zero-order valence-corrected chi connectivity index (χ0v) is 5.91. The first-order valence-corrected chi connectivity index (χ1v) is 3.43. The molecule has 0 fully saturated rings. The van der Waals surface area contributed by atoms with Gasteiger partial charge in [0.1, 0.15) is 0 Å². The maximum absolute atomic E-state index is 8.52. The maximum Gasteiger partial charge on any atom is 0.238 e. The van der Waals surface area contributed by atoms with Crippen LogP contribution >= 0.6 is 0 Å². The highest BCUT2D eigenvalue weighted by atomic mass is 28.2. The third kappa shape index (κ3) is 2.03. The predicted molar refractivity (Wildman–Crippen MR) is 31.9 cm³/mol. The first-order chi connectivity index (χ1) is 4.24. The Labute approximate surface area is 55.7 Å². The van der Waals surface area contributed by atoms with Gasteiger partial charge in [0, 0.05) is 0 Å². The number of hydrogen-bond donors (Lipinski definition) is 4. The van der Waals surface area contributed by atoms with Crippen LogP contribution in [0.3, 0.4) is 0 Å². The first kappa shape index (κ1) is 9.06. The van der Waals surface area contributed by atoms with E-state index in [-0.39, 0.29) is 0 Å². The third-order valence-corrected chi connectivity index (χ3v) is 2.09. The van der Waals surface area contributed by atoms with E-state index in [1.165, 1.54) is 0 Å². The molecule has 0 aromatic carbocycles. The number of aliphatic hydroxyl groups is 3. The summed E-state index contributed by atoms with van der Waals surface area (Å²) in [6.07, 6.45) is 0. The number of aliphatic hydroxyl groups excluding tert-OH is 3. The van der Waals surface area contributed by atoms with Crippen LogP contribution in [0.1, 0.15) is 0 Å². The minimum absolute atomic E-state index is 0.394. The summed E-state index contributed by atoms with van der Waals surface area (Å²) in [5.41, 5.74) is 0. The van der Waals surface area contributed by atoms with Crippen LogP contribution in [-0.2, 0) is 0 Å². The standard InChI is InChI=1S/C4H10O4Si/c5-1-4(2-6,3-7)9-8/h5-8H,1-3H2. The fourth-order valence-corrected chi connectivity index (χ4v) is 0.468. The van der Waals surface area contributed by atoms with Crippen molar-refractivity contribution < 1.29 is 20.1 Å². The zero-order valence-electron chi connectivity index (χ0n) is 4.91. The second kappa shape index (κ2) is 3.97. The molecule has 0 saturated carbocycles. The zero-order chi connectivity index (χ0) is 7.33. The molecule has 4 nitrogen and oxygen atoms in total. The van der Waals surface area contributed by atoms with Gasteiger partial charge in [-0.3, -0.25) is 0 Å².